The van der Waals surface area contributed by atoms with Crippen LogP contribution >= 0.6 is 11.8 Å². The van der Waals surface area contributed by atoms with Gasteiger partial charge >= 0.3 is 0 Å². The van der Waals surface area contributed by atoms with E-state index in [0.29, 0.717) is 6.54 Å². The fourth-order valence-electron chi connectivity index (χ4n) is 2.45. The van der Waals surface area contributed by atoms with Crippen molar-refractivity contribution in [1.29, 1.82) is 0 Å². The van der Waals surface area contributed by atoms with Gasteiger partial charge in [-0.2, -0.15) is 0 Å². The molecule has 0 aromatic heterocycles. The van der Waals surface area contributed by atoms with Gasteiger partial charge in [-0.25, -0.2) is 0 Å². The van der Waals surface area contributed by atoms with Crippen LogP contribution in [0.2, 0.25) is 0 Å². The molecule has 0 bridgehead atoms. The third-order valence-electron chi connectivity index (χ3n) is 3.79. The molecular weight excluding hydrogens is 268 g/mol. The average molecular weight is 292 g/mol. The maximum Gasteiger partial charge on any atom is 0.236 e. The molecule has 0 aliphatic carbocycles. The third-order valence-corrected chi connectivity index (χ3v) is 5.09. The van der Waals surface area contributed by atoms with Gasteiger partial charge < -0.3 is 10.6 Å². The zero-order chi connectivity index (χ0) is 14.8. The molecule has 0 saturated heterocycles. The van der Waals surface area contributed by atoms with Gasteiger partial charge in [-0.1, -0.05) is 32.0 Å². The summed E-state index contributed by atoms with van der Waals surface area (Å²) in [5.41, 5.74) is 7.06. The first-order valence-corrected chi connectivity index (χ1v) is 8.08. The van der Waals surface area contributed by atoms with Crippen molar-refractivity contribution in [3.8, 4) is 0 Å². The summed E-state index contributed by atoms with van der Waals surface area (Å²) in [6, 6.07) is 8.30. The van der Waals surface area contributed by atoms with Gasteiger partial charge in [0.15, 0.2) is 0 Å². The van der Waals surface area contributed by atoms with Crippen molar-refractivity contribution >= 4 is 17.7 Å². The highest BCUT2D eigenvalue weighted by Crippen LogP contribution is 2.37. The van der Waals surface area contributed by atoms with E-state index in [1.54, 1.807) is 11.8 Å². The molecule has 1 aliphatic heterocycles. The topological polar surface area (TPSA) is 46.3 Å². The molecule has 1 atom stereocenters. The van der Waals surface area contributed by atoms with E-state index in [2.05, 4.69) is 26.0 Å². The lowest BCUT2D eigenvalue weighted by Crippen LogP contribution is -2.45. The van der Waals surface area contributed by atoms with Crippen LogP contribution in [0.3, 0.4) is 0 Å². The molecule has 1 unspecified atom stereocenters. The molecular formula is C16H24N2OS. The Kier molecular flexibility index (Phi) is 4.76. The molecule has 2 N–H and O–H groups in total. The second-order valence-corrected chi connectivity index (χ2v) is 7.38. The van der Waals surface area contributed by atoms with Crippen molar-refractivity contribution in [2.45, 2.75) is 37.3 Å². The number of nitrogens with two attached hydrogens (primary N) is 1. The molecule has 4 heteroatoms. The van der Waals surface area contributed by atoms with Gasteiger partial charge in [-0.15, -0.1) is 11.8 Å². The number of carbonyl (C=O) groups excluding carboxylic acids is 1. The van der Waals surface area contributed by atoms with Crippen LogP contribution < -0.4 is 5.73 Å². The monoisotopic (exact) mass is 292 g/mol. The van der Waals surface area contributed by atoms with E-state index in [1.165, 1.54) is 10.5 Å². The van der Waals surface area contributed by atoms with Crippen LogP contribution in [-0.2, 0) is 11.2 Å². The van der Waals surface area contributed by atoms with Gasteiger partial charge in [0.05, 0.1) is 5.25 Å². The molecule has 0 fully saturated rings. The summed E-state index contributed by atoms with van der Waals surface area (Å²) in [6.07, 6.45) is 0.846. The zero-order valence-electron chi connectivity index (χ0n) is 12.6. The minimum Gasteiger partial charge on any atom is -0.341 e. The van der Waals surface area contributed by atoms with Crippen molar-refractivity contribution in [3.63, 3.8) is 0 Å². The minimum atomic E-state index is -0.0260. The van der Waals surface area contributed by atoms with Crippen LogP contribution in [0.1, 0.15) is 26.3 Å². The molecule has 1 aromatic rings. The highest BCUT2D eigenvalue weighted by molar-refractivity contribution is 8.01. The van der Waals surface area contributed by atoms with Crippen molar-refractivity contribution < 1.29 is 4.79 Å². The first-order valence-electron chi connectivity index (χ1n) is 7.20. The Morgan fingerprint density at radius 2 is 2.15 bits per heavy atom. The fourth-order valence-corrected chi connectivity index (χ4v) is 3.73. The Labute approximate surface area is 125 Å². The highest BCUT2D eigenvalue weighted by Gasteiger charge is 2.32. The smallest absolute Gasteiger partial charge is 0.236 e. The molecule has 2 rings (SSSR count). The van der Waals surface area contributed by atoms with Crippen LogP contribution in [0.15, 0.2) is 29.2 Å². The summed E-state index contributed by atoms with van der Waals surface area (Å²) < 4.78 is 0. The van der Waals surface area contributed by atoms with E-state index in [9.17, 15) is 4.79 Å². The van der Waals surface area contributed by atoms with Crippen LogP contribution in [0, 0.1) is 5.41 Å². The molecule has 20 heavy (non-hydrogen) atoms. The summed E-state index contributed by atoms with van der Waals surface area (Å²) in [4.78, 5) is 15.9. The molecule has 0 spiro atoms. The molecule has 1 aliphatic rings. The van der Waals surface area contributed by atoms with Crippen LogP contribution in [0.5, 0.6) is 0 Å². The molecule has 110 valence electrons. The number of thioether (sulfide) groups is 1. The maximum absolute atomic E-state index is 12.7. The summed E-state index contributed by atoms with van der Waals surface area (Å²) in [5, 5.41) is 0.0286. The van der Waals surface area contributed by atoms with Gasteiger partial charge in [-0.3, -0.25) is 4.79 Å². The van der Waals surface area contributed by atoms with Crippen molar-refractivity contribution in [2.75, 3.05) is 19.6 Å². The zero-order valence-corrected chi connectivity index (χ0v) is 13.4. The molecule has 0 radical (unpaired) electrons. The number of hydrogen-bond acceptors (Lipinski definition) is 3. The second kappa shape index (κ2) is 6.19. The van der Waals surface area contributed by atoms with Crippen molar-refractivity contribution in [3.05, 3.63) is 29.8 Å². The third kappa shape index (κ3) is 3.36. The van der Waals surface area contributed by atoms with Crippen molar-refractivity contribution in [1.82, 2.24) is 4.90 Å². The summed E-state index contributed by atoms with van der Waals surface area (Å²) in [6.45, 7) is 8.33. The predicted molar refractivity (Wildman–Crippen MR) is 84.9 cm³/mol. The number of amides is 1. The van der Waals surface area contributed by atoms with Crippen LogP contribution in [0.25, 0.3) is 0 Å². The number of nitrogens with zero attached hydrogens (tertiary/aromatic N) is 1. The second-order valence-electron chi connectivity index (χ2n) is 6.14. The number of fused-ring (bicyclic) bond motifs is 1. The first kappa shape index (κ1) is 15.4. The maximum atomic E-state index is 12.7. The Morgan fingerprint density at radius 1 is 1.45 bits per heavy atom. The van der Waals surface area contributed by atoms with Gasteiger partial charge in [0.25, 0.3) is 0 Å². The van der Waals surface area contributed by atoms with Gasteiger partial charge in [0.1, 0.15) is 0 Å². The lowest BCUT2D eigenvalue weighted by molar-refractivity contribution is -0.131. The Bertz CT molecular complexity index is 462. The van der Waals surface area contributed by atoms with Crippen LogP contribution in [-0.4, -0.2) is 35.7 Å². The van der Waals surface area contributed by atoms with E-state index in [4.69, 9.17) is 5.73 Å². The number of benzene rings is 1. The van der Waals surface area contributed by atoms with E-state index >= 15 is 0 Å². The minimum absolute atomic E-state index is 0.0260. The van der Waals surface area contributed by atoms with Crippen molar-refractivity contribution in [2.24, 2.45) is 11.1 Å². The van der Waals surface area contributed by atoms with Gasteiger partial charge in [0, 0.05) is 18.0 Å². The van der Waals surface area contributed by atoms with Gasteiger partial charge in [-0.05, 0) is 36.9 Å². The lowest BCUT2D eigenvalue weighted by Gasteiger charge is -2.32. The fraction of sp³-hybridized carbons (Fsp3) is 0.562. The molecule has 3 nitrogen and oxygen atoms in total. The van der Waals surface area contributed by atoms with Crippen LogP contribution in [0.4, 0.5) is 0 Å². The highest BCUT2D eigenvalue weighted by atomic mass is 32.2. The van der Waals surface area contributed by atoms with Gasteiger partial charge in [0.2, 0.25) is 5.91 Å². The normalized spacial score (nSPS) is 17.9. The average Bonchev–Trinajstić information content (AvgIpc) is 2.88. The Morgan fingerprint density at radius 3 is 2.75 bits per heavy atom. The molecule has 1 amide bonds. The van der Waals surface area contributed by atoms with E-state index in [-0.39, 0.29) is 16.6 Å². The molecule has 1 aromatic carbocycles. The number of hydrogen-bond donors (Lipinski definition) is 1. The first-order chi connectivity index (χ1) is 9.46. The quantitative estimate of drug-likeness (QED) is 0.907. The van der Waals surface area contributed by atoms with E-state index < -0.39 is 0 Å². The number of carbonyl (C=O) groups is 1. The SMILES string of the molecule is CCN(CC(C)(C)CN)C(=O)C1Cc2ccccc2S1. The van der Waals surface area contributed by atoms with E-state index in [1.807, 2.05) is 24.0 Å². The standard InChI is InChI=1S/C16H24N2OS/c1-4-18(11-16(2,3)10-17)15(19)14-9-12-7-5-6-8-13(12)20-14/h5-8,14H,4,9-11,17H2,1-3H3. The summed E-state index contributed by atoms with van der Waals surface area (Å²) in [5.74, 6) is 0.246. The summed E-state index contributed by atoms with van der Waals surface area (Å²) >= 11 is 1.70. The lowest BCUT2D eigenvalue weighted by atomic mass is 9.93. The summed E-state index contributed by atoms with van der Waals surface area (Å²) in [7, 11) is 0. The predicted octanol–water partition coefficient (Wildman–Crippen LogP) is 2.54. The Balaban J connectivity index is 2.04. The molecule has 1 heterocycles. The number of rotatable bonds is 5. The Hall–Kier alpha value is -1.00. The largest absolute Gasteiger partial charge is 0.341 e. The molecule has 0 saturated carbocycles. The van der Waals surface area contributed by atoms with E-state index in [0.717, 1.165) is 19.5 Å².